The van der Waals surface area contributed by atoms with E-state index in [0.717, 1.165) is 0 Å². The highest BCUT2D eigenvalue weighted by atomic mass is 16.4. The largest absolute Gasteiger partial charge is 0.480 e. The van der Waals surface area contributed by atoms with Crippen LogP contribution in [0.15, 0.2) is 4.99 Å². The first kappa shape index (κ1) is 31.1. The smallest absolute Gasteiger partial charge is 0.328 e. The Morgan fingerprint density at radius 3 is 1.65 bits per heavy atom. The average molecular weight is 488 g/mol. The summed E-state index contributed by atoms with van der Waals surface area (Å²) in [6.07, 6.45) is 1.29. The number of guanidine groups is 1. The van der Waals surface area contributed by atoms with E-state index >= 15 is 0 Å². The molecule has 11 N–H and O–H groups in total. The molecule has 34 heavy (non-hydrogen) atoms. The molecule has 0 fully saturated rings. The van der Waals surface area contributed by atoms with Crippen LogP contribution in [0.5, 0.6) is 0 Å². The topological polar surface area (TPSA) is 235 Å². The van der Waals surface area contributed by atoms with E-state index in [-0.39, 0.29) is 24.2 Å². The Morgan fingerprint density at radius 2 is 1.26 bits per heavy atom. The Hall–Kier alpha value is -2.93. The van der Waals surface area contributed by atoms with Crippen molar-refractivity contribution in [2.75, 3.05) is 13.2 Å². The molecule has 0 radical (unpaired) electrons. The highest BCUT2D eigenvalue weighted by molar-refractivity contribution is 5.94. The minimum absolute atomic E-state index is 0.00904. The molecular formula is C21H41N7O6. The van der Waals surface area contributed by atoms with Gasteiger partial charge < -0.3 is 43.4 Å². The average Bonchev–Trinajstić information content (AvgIpc) is 2.72. The van der Waals surface area contributed by atoms with Crippen molar-refractivity contribution in [1.29, 1.82) is 0 Å². The third-order valence-corrected chi connectivity index (χ3v) is 4.78. The molecule has 0 saturated heterocycles. The van der Waals surface area contributed by atoms with E-state index in [0.29, 0.717) is 25.8 Å². The number of aliphatic carboxylic acids is 1. The minimum atomic E-state index is -1.50. The van der Waals surface area contributed by atoms with Gasteiger partial charge >= 0.3 is 5.97 Å². The van der Waals surface area contributed by atoms with Gasteiger partial charge in [-0.05, 0) is 37.5 Å². The number of aliphatic imine (C=N–C) groups is 1. The summed E-state index contributed by atoms with van der Waals surface area (Å²) in [7, 11) is 0. The van der Waals surface area contributed by atoms with Crippen molar-refractivity contribution in [1.82, 2.24) is 16.0 Å². The first-order valence-electron chi connectivity index (χ1n) is 11.3. The van der Waals surface area contributed by atoms with E-state index in [1.807, 2.05) is 27.7 Å². The Kier molecular flexibility index (Phi) is 14.5. The Balaban J connectivity index is 5.31. The van der Waals surface area contributed by atoms with Crippen molar-refractivity contribution in [2.24, 2.45) is 34.0 Å². The summed E-state index contributed by atoms with van der Waals surface area (Å²) in [5.41, 5.74) is 16.4. The van der Waals surface area contributed by atoms with Crippen LogP contribution in [0.2, 0.25) is 0 Å². The van der Waals surface area contributed by atoms with Crippen LogP contribution in [0.3, 0.4) is 0 Å². The quantitative estimate of drug-likeness (QED) is 0.0681. The second kappa shape index (κ2) is 15.8. The molecule has 0 aromatic heterocycles. The van der Waals surface area contributed by atoms with Crippen molar-refractivity contribution >= 4 is 29.7 Å². The zero-order valence-electron chi connectivity index (χ0n) is 20.4. The van der Waals surface area contributed by atoms with Gasteiger partial charge in [-0.1, -0.05) is 27.7 Å². The van der Waals surface area contributed by atoms with Crippen LogP contribution in [-0.4, -0.2) is 77.2 Å². The normalized spacial score (nSPS) is 14.6. The number of nitrogens with zero attached hydrogens (tertiary/aromatic N) is 1. The van der Waals surface area contributed by atoms with Gasteiger partial charge in [0.25, 0.3) is 0 Å². The molecule has 4 unspecified atom stereocenters. The highest BCUT2D eigenvalue weighted by Crippen LogP contribution is 2.10. The SMILES string of the molecule is CC(C)CC(NC(=O)C(N)CCCN=C(N)N)C(=O)NC(CC(C)C)C(=O)NC(CO)C(=O)O. The second-order valence-electron chi connectivity index (χ2n) is 9.02. The number of nitrogens with one attached hydrogen (secondary N) is 3. The monoisotopic (exact) mass is 487 g/mol. The number of carboxylic acids is 1. The predicted molar refractivity (Wildman–Crippen MR) is 127 cm³/mol. The zero-order valence-corrected chi connectivity index (χ0v) is 20.4. The third-order valence-electron chi connectivity index (χ3n) is 4.78. The first-order chi connectivity index (χ1) is 15.8. The molecule has 4 atom stereocenters. The summed E-state index contributed by atoms with van der Waals surface area (Å²) >= 11 is 0. The molecule has 196 valence electrons. The summed E-state index contributed by atoms with van der Waals surface area (Å²) in [4.78, 5) is 53.1. The van der Waals surface area contributed by atoms with E-state index in [9.17, 15) is 24.3 Å². The Morgan fingerprint density at radius 1 is 0.824 bits per heavy atom. The minimum Gasteiger partial charge on any atom is -0.480 e. The Labute approximate surface area is 200 Å². The molecule has 13 nitrogen and oxygen atoms in total. The lowest BCUT2D eigenvalue weighted by Gasteiger charge is -2.26. The number of nitrogens with two attached hydrogens (primary N) is 3. The van der Waals surface area contributed by atoms with E-state index in [1.165, 1.54) is 0 Å². The van der Waals surface area contributed by atoms with Crippen LogP contribution in [0.25, 0.3) is 0 Å². The number of hydrogen-bond acceptors (Lipinski definition) is 7. The number of carboxylic acid groups (broad SMARTS) is 1. The summed E-state index contributed by atoms with van der Waals surface area (Å²) < 4.78 is 0. The van der Waals surface area contributed by atoms with Gasteiger partial charge in [0.15, 0.2) is 5.96 Å². The van der Waals surface area contributed by atoms with Gasteiger partial charge in [-0.3, -0.25) is 19.4 Å². The highest BCUT2D eigenvalue weighted by Gasteiger charge is 2.30. The van der Waals surface area contributed by atoms with E-state index in [1.54, 1.807) is 0 Å². The number of amides is 3. The second-order valence-corrected chi connectivity index (χ2v) is 9.02. The zero-order chi connectivity index (χ0) is 26.4. The van der Waals surface area contributed by atoms with E-state index in [4.69, 9.17) is 22.3 Å². The van der Waals surface area contributed by atoms with Crippen LogP contribution in [-0.2, 0) is 19.2 Å². The van der Waals surface area contributed by atoms with E-state index in [2.05, 4.69) is 20.9 Å². The fourth-order valence-corrected chi connectivity index (χ4v) is 3.07. The lowest BCUT2D eigenvalue weighted by molar-refractivity contribution is -0.143. The molecule has 0 spiro atoms. The number of carbonyl (C=O) groups is 4. The van der Waals surface area contributed by atoms with Gasteiger partial charge in [0.05, 0.1) is 12.6 Å². The summed E-state index contributed by atoms with van der Waals surface area (Å²) in [6, 6.07) is -4.39. The van der Waals surface area contributed by atoms with Gasteiger partial charge in [0, 0.05) is 6.54 Å². The molecule has 0 rings (SSSR count). The van der Waals surface area contributed by atoms with E-state index < -0.39 is 54.5 Å². The van der Waals surface area contributed by atoms with Gasteiger partial charge in [-0.2, -0.15) is 0 Å². The van der Waals surface area contributed by atoms with Crippen LogP contribution >= 0.6 is 0 Å². The third kappa shape index (κ3) is 12.9. The summed E-state index contributed by atoms with van der Waals surface area (Å²) in [5, 5.41) is 25.7. The van der Waals surface area contributed by atoms with Crippen molar-refractivity contribution < 1.29 is 29.4 Å². The van der Waals surface area contributed by atoms with Gasteiger partial charge in [-0.15, -0.1) is 0 Å². The molecule has 0 saturated carbocycles. The van der Waals surface area contributed by atoms with Gasteiger partial charge in [0.1, 0.15) is 18.1 Å². The molecule has 0 bridgehead atoms. The fourth-order valence-electron chi connectivity index (χ4n) is 3.07. The van der Waals surface area contributed by atoms with Crippen molar-refractivity contribution in [3.8, 4) is 0 Å². The van der Waals surface area contributed by atoms with Crippen LogP contribution in [0.4, 0.5) is 0 Å². The number of hydrogen-bond donors (Lipinski definition) is 8. The Bertz CT molecular complexity index is 710. The van der Waals surface area contributed by atoms with Crippen LogP contribution in [0.1, 0.15) is 53.4 Å². The van der Waals surface area contributed by atoms with Crippen molar-refractivity contribution in [3.05, 3.63) is 0 Å². The van der Waals surface area contributed by atoms with Crippen LogP contribution in [0, 0.1) is 11.8 Å². The molecule has 13 heteroatoms. The lowest BCUT2D eigenvalue weighted by Crippen LogP contribution is -2.57. The maximum atomic E-state index is 13.0. The summed E-state index contributed by atoms with van der Waals surface area (Å²) in [5.74, 6) is -3.28. The van der Waals surface area contributed by atoms with Gasteiger partial charge in [0.2, 0.25) is 17.7 Å². The van der Waals surface area contributed by atoms with Crippen molar-refractivity contribution in [2.45, 2.75) is 77.5 Å². The van der Waals surface area contributed by atoms with Crippen molar-refractivity contribution in [3.63, 3.8) is 0 Å². The molecule has 0 aromatic carbocycles. The summed E-state index contributed by atoms with van der Waals surface area (Å²) in [6.45, 7) is 6.94. The fraction of sp³-hybridized carbons (Fsp3) is 0.762. The lowest BCUT2D eigenvalue weighted by atomic mass is 9.99. The maximum Gasteiger partial charge on any atom is 0.328 e. The molecule has 3 amide bonds. The van der Waals surface area contributed by atoms with Gasteiger partial charge in [-0.25, -0.2) is 4.79 Å². The standard InChI is InChI=1S/C21H41N7O6/c1-11(2)8-14(26-17(30)13(22)6-5-7-25-21(23)24)18(31)27-15(9-12(3)4)19(32)28-16(10-29)20(33)34/h11-16,29H,5-10,22H2,1-4H3,(H,26,30)(H,27,31)(H,28,32)(H,33,34)(H4,23,24,25). The number of carbonyl (C=O) groups excluding carboxylic acids is 3. The number of aliphatic hydroxyl groups is 1. The molecule has 0 heterocycles. The molecular weight excluding hydrogens is 446 g/mol. The number of rotatable bonds is 16. The molecule has 0 aliphatic carbocycles. The molecule has 0 aliphatic rings. The number of aliphatic hydroxyl groups excluding tert-OH is 1. The van der Waals surface area contributed by atoms with Crippen LogP contribution < -0.4 is 33.2 Å². The predicted octanol–water partition coefficient (Wildman–Crippen LogP) is -2.01. The maximum absolute atomic E-state index is 13.0. The molecule has 0 aromatic rings. The molecule has 0 aliphatic heterocycles. The first-order valence-corrected chi connectivity index (χ1v) is 11.3.